The van der Waals surface area contributed by atoms with Crippen molar-refractivity contribution in [3.8, 4) is 17.2 Å². The summed E-state index contributed by atoms with van der Waals surface area (Å²) >= 11 is 0. The molecule has 0 spiro atoms. The molecule has 2 aromatic carbocycles. The third-order valence-corrected chi connectivity index (χ3v) is 3.75. The molecule has 0 aliphatic carbocycles. The van der Waals surface area contributed by atoms with E-state index in [1.807, 2.05) is 44.2 Å². The van der Waals surface area contributed by atoms with Crippen molar-refractivity contribution in [1.29, 1.82) is 0 Å². The van der Waals surface area contributed by atoms with Gasteiger partial charge in [-0.2, -0.15) is 0 Å². The average molecular weight is 358 g/mol. The lowest BCUT2D eigenvalue weighted by atomic mass is 10.1. The summed E-state index contributed by atoms with van der Waals surface area (Å²) in [5, 5.41) is 5.58. The minimum Gasteiger partial charge on any atom is -0.493 e. The number of hydrogen-bond acceptors (Lipinski definition) is 4. The van der Waals surface area contributed by atoms with Gasteiger partial charge >= 0.3 is 6.03 Å². The van der Waals surface area contributed by atoms with Crippen molar-refractivity contribution >= 4 is 6.03 Å². The van der Waals surface area contributed by atoms with Crippen LogP contribution in [0.3, 0.4) is 0 Å². The molecule has 0 heterocycles. The second-order valence-electron chi connectivity index (χ2n) is 5.97. The van der Waals surface area contributed by atoms with E-state index >= 15 is 0 Å². The quantitative estimate of drug-likeness (QED) is 0.711. The topological polar surface area (TPSA) is 68.8 Å². The number of urea groups is 1. The van der Waals surface area contributed by atoms with Crippen LogP contribution in [-0.2, 0) is 6.54 Å². The molecule has 2 aromatic rings. The Kier molecular flexibility index (Phi) is 7.14. The third kappa shape index (κ3) is 5.88. The van der Waals surface area contributed by atoms with E-state index < -0.39 is 0 Å². The summed E-state index contributed by atoms with van der Waals surface area (Å²) in [5.74, 6) is 2.10. The van der Waals surface area contributed by atoms with Crippen LogP contribution in [0.1, 0.15) is 16.7 Å². The Hall–Kier alpha value is -2.89. The van der Waals surface area contributed by atoms with Crippen molar-refractivity contribution in [2.75, 3.05) is 27.4 Å². The molecule has 140 valence electrons. The molecule has 26 heavy (non-hydrogen) atoms. The van der Waals surface area contributed by atoms with E-state index in [2.05, 4.69) is 16.7 Å². The van der Waals surface area contributed by atoms with Crippen molar-refractivity contribution < 1.29 is 19.0 Å². The molecule has 0 saturated carbocycles. The standard InChI is InChI=1S/C20H26N2O4/c1-14-9-15(2)11-17(10-14)26-8-7-21-20(23)22-13-16-5-6-18(24-3)19(12-16)25-4/h5-6,9-12H,7-8,13H2,1-4H3,(H2,21,22,23). The Morgan fingerprint density at radius 2 is 1.62 bits per heavy atom. The zero-order chi connectivity index (χ0) is 18.9. The van der Waals surface area contributed by atoms with E-state index in [0.717, 1.165) is 22.4 Å². The van der Waals surface area contributed by atoms with Gasteiger partial charge in [0.15, 0.2) is 11.5 Å². The lowest BCUT2D eigenvalue weighted by Crippen LogP contribution is -2.37. The number of nitrogens with one attached hydrogen (secondary N) is 2. The fraction of sp³-hybridized carbons (Fsp3) is 0.350. The van der Waals surface area contributed by atoms with E-state index in [1.54, 1.807) is 14.2 Å². The number of benzene rings is 2. The van der Waals surface area contributed by atoms with Crippen molar-refractivity contribution in [1.82, 2.24) is 10.6 Å². The fourth-order valence-electron chi connectivity index (χ4n) is 2.59. The molecule has 0 radical (unpaired) electrons. The third-order valence-electron chi connectivity index (χ3n) is 3.75. The van der Waals surface area contributed by atoms with Gasteiger partial charge in [0.2, 0.25) is 0 Å². The van der Waals surface area contributed by atoms with Gasteiger partial charge in [-0.25, -0.2) is 4.79 Å². The fourth-order valence-corrected chi connectivity index (χ4v) is 2.59. The second-order valence-corrected chi connectivity index (χ2v) is 5.97. The van der Waals surface area contributed by atoms with E-state index in [9.17, 15) is 4.79 Å². The summed E-state index contributed by atoms with van der Waals surface area (Å²) in [6.45, 7) is 5.28. The maximum atomic E-state index is 11.9. The predicted octanol–water partition coefficient (Wildman–Crippen LogP) is 3.20. The van der Waals surface area contributed by atoms with Crippen molar-refractivity contribution in [3.05, 3.63) is 53.1 Å². The van der Waals surface area contributed by atoms with Gasteiger partial charge in [0.05, 0.1) is 20.8 Å². The van der Waals surface area contributed by atoms with Crippen LogP contribution in [0.4, 0.5) is 4.79 Å². The molecule has 0 fully saturated rings. The lowest BCUT2D eigenvalue weighted by molar-refractivity contribution is 0.236. The number of carbonyl (C=O) groups excluding carboxylic acids is 1. The van der Waals surface area contributed by atoms with E-state index in [4.69, 9.17) is 14.2 Å². The molecule has 2 N–H and O–H groups in total. The summed E-state index contributed by atoms with van der Waals surface area (Å²) in [5.41, 5.74) is 3.23. The number of methoxy groups -OCH3 is 2. The number of carbonyl (C=O) groups is 1. The second kappa shape index (κ2) is 9.56. The van der Waals surface area contributed by atoms with Gasteiger partial charge in [-0.1, -0.05) is 12.1 Å². The van der Waals surface area contributed by atoms with Crippen LogP contribution in [0, 0.1) is 13.8 Å². The van der Waals surface area contributed by atoms with Gasteiger partial charge in [-0.05, 0) is 54.8 Å². The molecular formula is C20H26N2O4. The number of amides is 2. The first-order chi connectivity index (χ1) is 12.5. The zero-order valence-electron chi connectivity index (χ0n) is 15.7. The van der Waals surface area contributed by atoms with Crippen molar-refractivity contribution in [2.45, 2.75) is 20.4 Å². The van der Waals surface area contributed by atoms with Gasteiger partial charge < -0.3 is 24.8 Å². The number of hydrogen-bond donors (Lipinski definition) is 2. The maximum absolute atomic E-state index is 11.9. The minimum atomic E-state index is -0.246. The molecular weight excluding hydrogens is 332 g/mol. The molecule has 0 saturated heterocycles. The smallest absolute Gasteiger partial charge is 0.315 e. The Morgan fingerprint density at radius 3 is 2.27 bits per heavy atom. The average Bonchev–Trinajstić information content (AvgIpc) is 2.62. The highest BCUT2D eigenvalue weighted by atomic mass is 16.5. The van der Waals surface area contributed by atoms with Crippen LogP contribution in [0.2, 0.25) is 0 Å². The number of aryl methyl sites for hydroxylation is 2. The van der Waals surface area contributed by atoms with E-state index in [1.165, 1.54) is 0 Å². The molecule has 6 nitrogen and oxygen atoms in total. The zero-order valence-corrected chi connectivity index (χ0v) is 15.7. The van der Waals surface area contributed by atoms with Gasteiger partial charge in [-0.15, -0.1) is 0 Å². The van der Waals surface area contributed by atoms with Gasteiger partial charge in [-0.3, -0.25) is 0 Å². The Morgan fingerprint density at radius 1 is 0.923 bits per heavy atom. The van der Waals surface area contributed by atoms with E-state index in [0.29, 0.717) is 31.2 Å². The van der Waals surface area contributed by atoms with Gasteiger partial charge in [0.25, 0.3) is 0 Å². The first kappa shape index (κ1) is 19.4. The summed E-state index contributed by atoms with van der Waals surface area (Å²) in [6.07, 6.45) is 0. The summed E-state index contributed by atoms with van der Waals surface area (Å²) in [4.78, 5) is 11.9. The molecule has 2 rings (SSSR count). The van der Waals surface area contributed by atoms with E-state index in [-0.39, 0.29) is 6.03 Å². The highest BCUT2D eigenvalue weighted by molar-refractivity contribution is 5.73. The molecule has 2 amide bonds. The van der Waals surface area contributed by atoms with Crippen molar-refractivity contribution in [2.24, 2.45) is 0 Å². The van der Waals surface area contributed by atoms with Crippen LogP contribution in [0.25, 0.3) is 0 Å². The van der Waals surface area contributed by atoms with Gasteiger partial charge in [0, 0.05) is 6.54 Å². The molecule has 0 unspecified atom stereocenters. The normalized spacial score (nSPS) is 10.2. The predicted molar refractivity (Wildman–Crippen MR) is 101 cm³/mol. The van der Waals surface area contributed by atoms with Gasteiger partial charge in [0.1, 0.15) is 12.4 Å². The molecule has 6 heteroatoms. The summed E-state index contributed by atoms with van der Waals surface area (Å²) < 4.78 is 16.1. The Bertz CT molecular complexity index is 726. The molecule has 0 atom stereocenters. The molecule has 0 aromatic heterocycles. The highest BCUT2D eigenvalue weighted by Gasteiger charge is 2.06. The first-order valence-electron chi connectivity index (χ1n) is 8.45. The SMILES string of the molecule is COc1ccc(CNC(=O)NCCOc2cc(C)cc(C)c2)cc1OC. The maximum Gasteiger partial charge on any atom is 0.315 e. The molecule has 0 aliphatic rings. The number of rotatable bonds is 8. The Labute approximate surface area is 154 Å². The minimum absolute atomic E-state index is 0.246. The van der Waals surface area contributed by atoms with Crippen molar-refractivity contribution in [3.63, 3.8) is 0 Å². The largest absolute Gasteiger partial charge is 0.493 e. The number of ether oxygens (including phenoxy) is 3. The highest BCUT2D eigenvalue weighted by Crippen LogP contribution is 2.27. The van der Waals surface area contributed by atoms with Crippen LogP contribution in [0.15, 0.2) is 36.4 Å². The summed E-state index contributed by atoms with van der Waals surface area (Å²) in [6, 6.07) is 11.3. The molecule has 0 bridgehead atoms. The molecule has 0 aliphatic heterocycles. The summed E-state index contributed by atoms with van der Waals surface area (Å²) in [7, 11) is 3.17. The monoisotopic (exact) mass is 358 g/mol. The Balaban J connectivity index is 1.72. The van der Waals surface area contributed by atoms with Crippen LogP contribution in [-0.4, -0.2) is 33.4 Å². The van der Waals surface area contributed by atoms with Crippen LogP contribution < -0.4 is 24.8 Å². The van der Waals surface area contributed by atoms with Crippen LogP contribution >= 0.6 is 0 Å². The van der Waals surface area contributed by atoms with Crippen LogP contribution in [0.5, 0.6) is 17.2 Å². The first-order valence-corrected chi connectivity index (χ1v) is 8.45. The lowest BCUT2D eigenvalue weighted by Gasteiger charge is -2.12.